The Morgan fingerprint density at radius 3 is 2.89 bits per heavy atom. The molecule has 0 amide bonds. The van der Waals surface area contributed by atoms with Crippen LogP contribution in [-0.2, 0) is 4.79 Å². The van der Waals surface area contributed by atoms with Crippen molar-refractivity contribution < 1.29 is 9.90 Å². The van der Waals surface area contributed by atoms with Crippen LogP contribution in [0.25, 0.3) is 0 Å². The molecule has 8 heteroatoms. The number of rotatable bonds is 4. The normalized spacial score (nSPS) is 31.7. The summed E-state index contributed by atoms with van der Waals surface area (Å²) in [5.41, 5.74) is 4.79. The summed E-state index contributed by atoms with van der Waals surface area (Å²) in [6.45, 7) is 0. The smallest absolute Gasteiger partial charge is 0.323 e. The van der Waals surface area contributed by atoms with Crippen molar-refractivity contribution in [1.29, 1.82) is 0 Å². The van der Waals surface area contributed by atoms with Gasteiger partial charge in [0.1, 0.15) is 5.54 Å². The summed E-state index contributed by atoms with van der Waals surface area (Å²) in [6.07, 6.45) is 4.04. The summed E-state index contributed by atoms with van der Waals surface area (Å²) >= 11 is 1.56. The van der Waals surface area contributed by atoms with Crippen molar-refractivity contribution in [2.75, 3.05) is 0 Å². The SMILES string of the molecule is NC1(C(=O)O)CCC(Sc2nnnn2C2CC2)C1. The van der Waals surface area contributed by atoms with Crippen molar-refractivity contribution in [2.45, 2.75) is 54.1 Å². The number of nitrogens with zero attached hydrogens (tertiary/aromatic N) is 4. The maximum Gasteiger partial charge on any atom is 0.323 e. The summed E-state index contributed by atoms with van der Waals surface area (Å²) in [6, 6.07) is 0.436. The largest absolute Gasteiger partial charge is 0.480 e. The number of carboxylic acids is 1. The number of thioether (sulfide) groups is 1. The monoisotopic (exact) mass is 269 g/mol. The highest BCUT2D eigenvalue weighted by atomic mass is 32.2. The zero-order valence-corrected chi connectivity index (χ0v) is 10.6. The number of hydrogen-bond acceptors (Lipinski definition) is 6. The molecule has 2 aliphatic carbocycles. The van der Waals surface area contributed by atoms with Crippen molar-refractivity contribution in [2.24, 2.45) is 5.73 Å². The lowest BCUT2D eigenvalue weighted by molar-refractivity contribution is -0.143. The third kappa shape index (κ3) is 2.10. The number of hydrogen-bond donors (Lipinski definition) is 2. The highest BCUT2D eigenvalue weighted by molar-refractivity contribution is 7.99. The molecule has 1 heterocycles. The second-order valence-corrected chi connectivity index (χ2v) is 6.35. The van der Waals surface area contributed by atoms with Gasteiger partial charge in [0.05, 0.1) is 6.04 Å². The van der Waals surface area contributed by atoms with Crippen LogP contribution >= 0.6 is 11.8 Å². The zero-order chi connectivity index (χ0) is 12.8. The summed E-state index contributed by atoms with van der Waals surface area (Å²) in [5, 5.41) is 21.7. The van der Waals surface area contributed by atoms with Gasteiger partial charge in [0, 0.05) is 5.25 Å². The molecule has 2 saturated carbocycles. The lowest BCUT2D eigenvalue weighted by Gasteiger charge is -2.17. The van der Waals surface area contributed by atoms with E-state index in [1.807, 2.05) is 4.68 Å². The van der Waals surface area contributed by atoms with Crippen LogP contribution in [-0.4, -0.2) is 42.1 Å². The minimum atomic E-state index is -1.07. The molecule has 0 radical (unpaired) electrons. The van der Waals surface area contributed by atoms with Crippen LogP contribution in [0.2, 0.25) is 0 Å². The first-order chi connectivity index (χ1) is 8.58. The first kappa shape index (κ1) is 11.9. The molecule has 3 N–H and O–H groups in total. The van der Waals surface area contributed by atoms with Crippen LogP contribution in [0.5, 0.6) is 0 Å². The maximum absolute atomic E-state index is 11.1. The maximum atomic E-state index is 11.1. The van der Waals surface area contributed by atoms with Gasteiger partial charge in [-0.05, 0) is 42.5 Å². The molecule has 0 aromatic carbocycles. The van der Waals surface area contributed by atoms with Gasteiger partial charge >= 0.3 is 5.97 Å². The molecule has 7 nitrogen and oxygen atoms in total. The Hall–Kier alpha value is -1.15. The first-order valence-electron chi connectivity index (χ1n) is 6.05. The molecule has 98 valence electrons. The molecule has 1 aromatic heterocycles. The minimum Gasteiger partial charge on any atom is -0.480 e. The second-order valence-electron chi connectivity index (χ2n) is 5.08. The Morgan fingerprint density at radius 2 is 2.28 bits per heavy atom. The molecule has 2 atom stereocenters. The molecule has 2 fully saturated rings. The van der Waals surface area contributed by atoms with Crippen molar-refractivity contribution in [3.63, 3.8) is 0 Å². The van der Waals surface area contributed by atoms with Gasteiger partial charge in [-0.3, -0.25) is 4.79 Å². The molecule has 3 rings (SSSR count). The quantitative estimate of drug-likeness (QED) is 0.816. The van der Waals surface area contributed by atoms with Gasteiger partial charge in [-0.15, -0.1) is 5.10 Å². The van der Waals surface area contributed by atoms with Crippen molar-refractivity contribution in [3.05, 3.63) is 0 Å². The molecule has 2 unspecified atom stereocenters. The van der Waals surface area contributed by atoms with Crippen molar-refractivity contribution >= 4 is 17.7 Å². The predicted octanol–water partition coefficient (Wildman–Crippen LogP) is 0.435. The number of carbonyl (C=O) groups is 1. The van der Waals surface area contributed by atoms with E-state index in [0.29, 0.717) is 18.9 Å². The lowest BCUT2D eigenvalue weighted by Crippen LogP contribution is -2.45. The fraction of sp³-hybridized carbons (Fsp3) is 0.800. The lowest BCUT2D eigenvalue weighted by atomic mass is 10.0. The third-order valence-corrected chi connectivity index (χ3v) is 4.77. The fourth-order valence-corrected chi connectivity index (χ4v) is 3.58. The van der Waals surface area contributed by atoms with Crippen molar-refractivity contribution in [3.8, 4) is 0 Å². The highest BCUT2D eigenvalue weighted by Crippen LogP contribution is 2.41. The standard InChI is InChI=1S/C10H15N5O2S/c11-10(8(16)17)4-3-7(5-10)18-9-12-13-14-15(9)6-1-2-6/h6-7H,1-5,11H2,(H,16,17). The van der Waals surface area contributed by atoms with Crippen LogP contribution in [0.3, 0.4) is 0 Å². The van der Waals surface area contributed by atoms with Gasteiger partial charge < -0.3 is 10.8 Å². The van der Waals surface area contributed by atoms with E-state index in [0.717, 1.165) is 24.4 Å². The fourth-order valence-electron chi connectivity index (χ4n) is 2.28. The number of carboxylic acid groups (broad SMARTS) is 1. The van der Waals surface area contributed by atoms with E-state index in [1.54, 1.807) is 11.8 Å². The highest BCUT2D eigenvalue weighted by Gasteiger charge is 2.43. The van der Waals surface area contributed by atoms with Gasteiger partial charge in [-0.2, -0.15) is 0 Å². The molecule has 0 saturated heterocycles. The topological polar surface area (TPSA) is 107 Å². The van der Waals surface area contributed by atoms with Crippen LogP contribution in [0.15, 0.2) is 5.16 Å². The molecular weight excluding hydrogens is 254 g/mol. The Bertz CT molecular complexity index is 475. The van der Waals surface area contributed by atoms with Crippen LogP contribution in [0, 0.1) is 0 Å². The Labute approximate surface area is 108 Å². The molecular formula is C10H15N5O2S. The molecule has 18 heavy (non-hydrogen) atoms. The molecule has 0 spiro atoms. The predicted molar refractivity (Wildman–Crippen MR) is 64.1 cm³/mol. The van der Waals surface area contributed by atoms with E-state index in [4.69, 9.17) is 10.8 Å². The molecule has 0 aliphatic heterocycles. The van der Waals surface area contributed by atoms with E-state index in [9.17, 15) is 4.79 Å². The number of tetrazole rings is 1. The molecule has 2 aliphatic rings. The third-order valence-electron chi connectivity index (χ3n) is 3.56. The van der Waals surface area contributed by atoms with Crippen LogP contribution < -0.4 is 5.73 Å². The molecule has 0 bridgehead atoms. The van der Waals surface area contributed by atoms with E-state index in [-0.39, 0.29) is 5.25 Å². The van der Waals surface area contributed by atoms with Gasteiger partial charge in [0.15, 0.2) is 0 Å². The average molecular weight is 269 g/mol. The first-order valence-corrected chi connectivity index (χ1v) is 6.93. The Balaban J connectivity index is 1.67. The summed E-state index contributed by atoms with van der Waals surface area (Å²) < 4.78 is 1.85. The second kappa shape index (κ2) is 4.20. The van der Waals surface area contributed by atoms with Crippen LogP contribution in [0.4, 0.5) is 0 Å². The molecule has 1 aromatic rings. The summed E-state index contributed by atoms with van der Waals surface area (Å²) in [4.78, 5) is 11.1. The minimum absolute atomic E-state index is 0.189. The zero-order valence-electron chi connectivity index (χ0n) is 9.82. The van der Waals surface area contributed by atoms with E-state index in [1.165, 1.54) is 0 Å². The van der Waals surface area contributed by atoms with E-state index < -0.39 is 11.5 Å². The van der Waals surface area contributed by atoms with Gasteiger partial charge in [0.25, 0.3) is 0 Å². The van der Waals surface area contributed by atoms with E-state index >= 15 is 0 Å². The average Bonchev–Trinajstić information content (AvgIpc) is 2.95. The number of aromatic nitrogens is 4. The Kier molecular flexibility index (Phi) is 2.78. The van der Waals surface area contributed by atoms with Crippen molar-refractivity contribution in [1.82, 2.24) is 20.2 Å². The Morgan fingerprint density at radius 1 is 1.50 bits per heavy atom. The van der Waals surface area contributed by atoms with Gasteiger partial charge in [-0.25, -0.2) is 4.68 Å². The number of nitrogens with two attached hydrogens (primary N) is 1. The summed E-state index contributed by atoms with van der Waals surface area (Å²) in [7, 11) is 0. The van der Waals surface area contributed by atoms with Gasteiger partial charge in [-0.1, -0.05) is 11.8 Å². The van der Waals surface area contributed by atoms with E-state index in [2.05, 4.69) is 15.5 Å². The van der Waals surface area contributed by atoms with Crippen LogP contribution in [0.1, 0.15) is 38.1 Å². The number of aliphatic carboxylic acids is 1. The summed E-state index contributed by atoms with van der Waals surface area (Å²) in [5.74, 6) is -0.910. The van der Waals surface area contributed by atoms with Gasteiger partial charge in [0.2, 0.25) is 5.16 Å².